The van der Waals surface area contributed by atoms with Crippen molar-refractivity contribution in [3.8, 4) is 33.6 Å². The Morgan fingerprint density at radius 1 is 0.388 bits per heavy atom. The lowest BCUT2D eigenvalue weighted by atomic mass is 9.96. The minimum Gasteiger partial charge on any atom is -0.455 e. The van der Waals surface area contributed by atoms with E-state index in [4.69, 9.17) is 4.42 Å². The van der Waals surface area contributed by atoms with Gasteiger partial charge in [-0.05, 0) is 130 Å². The molecule has 67 heavy (non-hydrogen) atoms. The molecule has 11 aromatic carbocycles. The molecule has 4 heteroatoms. The third kappa shape index (κ3) is 5.69. The van der Waals surface area contributed by atoms with Crippen molar-refractivity contribution in [2.45, 2.75) is 6.92 Å². The van der Waals surface area contributed by atoms with Crippen LogP contribution in [0.5, 0.6) is 0 Å². The lowest BCUT2D eigenvalue weighted by Gasteiger charge is -2.16. The normalized spacial score (nSPS) is 12.3. The topological polar surface area (TPSA) is 23.0 Å². The fourth-order valence-corrected chi connectivity index (χ4v) is 10.9. The first kappa shape index (κ1) is 37.6. The van der Waals surface area contributed by atoms with Crippen molar-refractivity contribution < 1.29 is 8.81 Å². The smallest absolute Gasteiger partial charge is 0.143 e. The first-order valence-corrected chi connectivity index (χ1v) is 22.9. The van der Waals surface area contributed by atoms with Crippen LogP contribution in [0.1, 0.15) is 12.5 Å². The van der Waals surface area contributed by atoms with Gasteiger partial charge in [0, 0.05) is 59.9 Å². The highest BCUT2D eigenvalue weighted by atomic mass is 19.1. The van der Waals surface area contributed by atoms with E-state index in [0.29, 0.717) is 0 Å². The zero-order chi connectivity index (χ0) is 44.3. The second kappa shape index (κ2) is 14.4. The molecule has 0 unspecified atom stereocenters. The summed E-state index contributed by atoms with van der Waals surface area (Å²) in [6.07, 6.45) is 4.20. The Balaban J connectivity index is 1.06. The number of benzene rings is 11. The van der Waals surface area contributed by atoms with E-state index in [1.54, 1.807) is 0 Å². The van der Waals surface area contributed by atoms with E-state index in [1.807, 2.05) is 19.1 Å². The number of furan rings is 1. The van der Waals surface area contributed by atoms with Crippen molar-refractivity contribution in [2.24, 2.45) is 0 Å². The minimum absolute atomic E-state index is 0.256. The molecule has 14 aromatic rings. The fourth-order valence-electron chi connectivity index (χ4n) is 10.9. The Morgan fingerprint density at radius 3 is 1.69 bits per heavy atom. The standard InChI is InChI=1S/C63H39FN2O/c1-2-9-38-16-26-51-43(32-38)21-31-57-54-28-20-42(37-60(54)67-63(51)57)45-33-44(41-19-27-53-52-14-7-8-15-58(52)65(59(53)36-41)47-24-22-46(64)23-25-47)34-48(35-45)66-61-49-12-5-3-10-39(49)17-29-55(61)56-30-18-40-11-4-6-13-50(40)62(56)66/h2-37H,1H3/b9-2+. The maximum Gasteiger partial charge on any atom is 0.143 e. The van der Waals surface area contributed by atoms with Gasteiger partial charge in [-0.3, -0.25) is 0 Å². The van der Waals surface area contributed by atoms with Gasteiger partial charge in [-0.25, -0.2) is 4.39 Å². The molecule has 0 bridgehead atoms. The molecule has 3 heterocycles. The summed E-state index contributed by atoms with van der Waals surface area (Å²) < 4.78 is 26.0. The van der Waals surface area contributed by atoms with Crippen LogP contribution in [-0.2, 0) is 0 Å². The van der Waals surface area contributed by atoms with Gasteiger partial charge < -0.3 is 13.6 Å². The molecule has 0 N–H and O–H groups in total. The van der Waals surface area contributed by atoms with Crippen molar-refractivity contribution in [1.82, 2.24) is 9.13 Å². The Kier molecular flexibility index (Phi) is 8.08. The van der Waals surface area contributed by atoms with Gasteiger partial charge >= 0.3 is 0 Å². The lowest BCUT2D eigenvalue weighted by molar-refractivity contribution is 0.627. The van der Waals surface area contributed by atoms with Gasteiger partial charge in [0.05, 0.1) is 22.1 Å². The van der Waals surface area contributed by atoms with Crippen LogP contribution in [0.2, 0.25) is 0 Å². The monoisotopic (exact) mass is 858 g/mol. The van der Waals surface area contributed by atoms with Crippen LogP contribution in [0.25, 0.3) is 138 Å². The van der Waals surface area contributed by atoms with Crippen LogP contribution in [0.3, 0.4) is 0 Å². The molecule has 0 radical (unpaired) electrons. The van der Waals surface area contributed by atoms with Gasteiger partial charge in [0.2, 0.25) is 0 Å². The van der Waals surface area contributed by atoms with E-state index in [-0.39, 0.29) is 5.82 Å². The van der Waals surface area contributed by atoms with Crippen LogP contribution in [0, 0.1) is 5.82 Å². The predicted molar refractivity (Wildman–Crippen MR) is 280 cm³/mol. The Hall–Kier alpha value is -8.73. The van der Waals surface area contributed by atoms with Crippen LogP contribution >= 0.6 is 0 Å². The first-order valence-electron chi connectivity index (χ1n) is 22.9. The van der Waals surface area contributed by atoms with Crippen molar-refractivity contribution >= 4 is 104 Å². The van der Waals surface area contributed by atoms with Gasteiger partial charge in [0.25, 0.3) is 0 Å². The summed E-state index contributed by atoms with van der Waals surface area (Å²) in [6.45, 7) is 2.05. The number of rotatable bonds is 5. The van der Waals surface area contributed by atoms with Gasteiger partial charge in [-0.1, -0.05) is 140 Å². The maximum absolute atomic E-state index is 14.4. The molecule has 0 spiro atoms. The minimum atomic E-state index is -0.256. The molecule has 3 aromatic heterocycles. The Morgan fingerprint density at radius 2 is 0.970 bits per heavy atom. The number of nitrogens with zero attached hydrogens (tertiary/aromatic N) is 2. The largest absolute Gasteiger partial charge is 0.455 e. The lowest BCUT2D eigenvalue weighted by Crippen LogP contribution is -1.98. The van der Waals surface area contributed by atoms with Crippen molar-refractivity contribution in [3.05, 3.63) is 224 Å². The van der Waals surface area contributed by atoms with Crippen LogP contribution < -0.4 is 0 Å². The van der Waals surface area contributed by atoms with E-state index in [0.717, 1.165) is 88.1 Å². The van der Waals surface area contributed by atoms with Crippen molar-refractivity contribution in [3.63, 3.8) is 0 Å². The highest BCUT2D eigenvalue weighted by Crippen LogP contribution is 2.44. The number of halogens is 1. The molecule has 0 aliphatic rings. The summed E-state index contributed by atoms with van der Waals surface area (Å²) in [5.41, 5.74) is 13.7. The van der Waals surface area contributed by atoms with Crippen molar-refractivity contribution in [2.75, 3.05) is 0 Å². The first-order chi connectivity index (χ1) is 33.1. The molecule has 0 aliphatic heterocycles. The summed E-state index contributed by atoms with van der Waals surface area (Å²) in [7, 11) is 0. The molecule has 0 saturated heterocycles. The molecule has 0 amide bonds. The second-order valence-electron chi connectivity index (χ2n) is 17.8. The third-order valence-corrected chi connectivity index (χ3v) is 14.0. The summed E-state index contributed by atoms with van der Waals surface area (Å²) in [6, 6.07) is 73.2. The number of para-hydroxylation sites is 1. The van der Waals surface area contributed by atoms with E-state index >= 15 is 0 Å². The molecule has 0 saturated carbocycles. The number of aromatic nitrogens is 2. The SMILES string of the molecule is C/C=C/c1ccc2c(ccc3c4ccc(-c5cc(-c6ccc7c8ccccc8n(-c8ccc(F)cc8)c7c6)cc(-n6c7c8ccccc8ccc7c7ccc8ccccc8c76)c5)cc4oc23)c1. The van der Waals surface area contributed by atoms with Crippen LogP contribution in [0.15, 0.2) is 217 Å². The summed E-state index contributed by atoms with van der Waals surface area (Å²) in [5, 5.41) is 14.0. The van der Waals surface area contributed by atoms with Crippen molar-refractivity contribution in [1.29, 1.82) is 0 Å². The summed E-state index contributed by atoms with van der Waals surface area (Å²) in [4.78, 5) is 0. The van der Waals surface area contributed by atoms with Crippen LogP contribution in [0.4, 0.5) is 4.39 Å². The predicted octanol–water partition coefficient (Wildman–Crippen LogP) is 17.7. The molecule has 14 rings (SSSR count). The molecule has 0 atom stereocenters. The quantitative estimate of drug-likeness (QED) is 0.169. The number of hydrogen-bond donors (Lipinski definition) is 0. The molecular formula is C63H39FN2O. The zero-order valence-electron chi connectivity index (χ0n) is 36.5. The molecular weight excluding hydrogens is 820 g/mol. The highest BCUT2D eigenvalue weighted by Gasteiger charge is 2.21. The maximum atomic E-state index is 14.4. The summed E-state index contributed by atoms with van der Waals surface area (Å²) in [5.74, 6) is -0.256. The second-order valence-corrected chi connectivity index (χ2v) is 17.8. The number of allylic oxidation sites excluding steroid dienone is 1. The van der Waals surface area contributed by atoms with E-state index < -0.39 is 0 Å². The van der Waals surface area contributed by atoms with E-state index in [9.17, 15) is 4.39 Å². The van der Waals surface area contributed by atoms with Gasteiger partial charge in [-0.2, -0.15) is 0 Å². The average molecular weight is 859 g/mol. The van der Waals surface area contributed by atoms with Crippen LogP contribution in [-0.4, -0.2) is 9.13 Å². The average Bonchev–Trinajstić information content (AvgIpc) is 4.04. The Labute approximate surface area is 384 Å². The molecule has 0 fully saturated rings. The highest BCUT2D eigenvalue weighted by molar-refractivity contribution is 6.24. The molecule has 3 nitrogen and oxygen atoms in total. The van der Waals surface area contributed by atoms with Gasteiger partial charge in [0.1, 0.15) is 17.0 Å². The summed E-state index contributed by atoms with van der Waals surface area (Å²) >= 11 is 0. The van der Waals surface area contributed by atoms with Gasteiger partial charge in [0.15, 0.2) is 0 Å². The number of hydrogen-bond acceptors (Lipinski definition) is 1. The number of fused-ring (bicyclic) bond motifs is 15. The zero-order valence-corrected chi connectivity index (χ0v) is 36.5. The third-order valence-electron chi connectivity index (χ3n) is 14.0. The van der Waals surface area contributed by atoms with E-state index in [1.165, 1.54) is 61.0 Å². The molecule has 314 valence electrons. The fraction of sp³-hybridized carbons (Fsp3) is 0.0159. The van der Waals surface area contributed by atoms with E-state index in [2.05, 4.69) is 203 Å². The Bertz CT molecular complexity index is 4320. The molecule has 0 aliphatic carbocycles. The van der Waals surface area contributed by atoms with Gasteiger partial charge in [-0.15, -0.1) is 0 Å².